The van der Waals surface area contributed by atoms with Crippen molar-refractivity contribution >= 4 is 27.6 Å². The van der Waals surface area contributed by atoms with E-state index in [0.717, 1.165) is 12.8 Å². The van der Waals surface area contributed by atoms with Gasteiger partial charge in [-0.2, -0.15) is 0 Å². The van der Waals surface area contributed by atoms with E-state index >= 15 is 0 Å². The van der Waals surface area contributed by atoms with E-state index in [2.05, 4.69) is 10.0 Å². The molecule has 0 saturated heterocycles. The van der Waals surface area contributed by atoms with Gasteiger partial charge < -0.3 is 10.4 Å². The number of amides is 1. The minimum absolute atomic E-state index is 0.0328. The number of anilines is 1. The van der Waals surface area contributed by atoms with Crippen LogP contribution in [0, 0.1) is 0 Å². The van der Waals surface area contributed by atoms with Crippen LogP contribution in [-0.2, 0) is 19.6 Å². The SMILES string of the molecule is O=C(O)CCC(=O)Nc1ccc(S(=O)(=O)NC2CC2)cc1. The lowest BCUT2D eigenvalue weighted by Gasteiger charge is -2.07. The highest BCUT2D eigenvalue weighted by Crippen LogP contribution is 2.22. The number of carboxylic acid groups (broad SMARTS) is 1. The first kappa shape index (κ1) is 15.5. The number of carbonyl (C=O) groups excluding carboxylic acids is 1. The summed E-state index contributed by atoms with van der Waals surface area (Å²) in [4.78, 5) is 21.9. The van der Waals surface area contributed by atoms with Gasteiger partial charge in [0.25, 0.3) is 0 Å². The molecule has 0 aromatic heterocycles. The second-order valence-corrected chi connectivity index (χ2v) is 6.58. The predicted molar refractivity (Wildman–Crippen MR) is 75.3 cm³/mol. The van der Waals surface area contributed by atoms with E-state index in [0.29, 0.717) is 5.69 Å². The van der Waals surface area contributed by atoms with Crippen molar-refractivity contribution in [2.75, 3.05) is 5.32 Å². The highest BCUT2D eigenvalue weighted by molar-refractivity contribution is 7.89. The van der Waals surface area contributed by atoms with Crippen molar-refractivity contribution in [3.05, 3.63) is 24.3 Å². The fourth-order valence-electron chi connectivity index (χ4n) is 1.65. The van der Waals surface area contributed by atoms with Gasteiger partial charge in [0.1, 0.15) is 0 Å². The Hall–Kier alpha value is -1.93. The molecule has 0 bridgehead atoms. The van der Waals surface area contributed by atoms with Gasteiger partial charge in [0, 0.05) is 18.2 Å². The number of rotatable bonds is 7. The fourth-order valence-corrected chi connectivity index (χ4v) is 2.96. The van der Waals surface area contributed by atoms with Gasteiger partial charge in [-0.05, 0) is 37.1 Å². The van der Waals surface area contributed by atoms with Gasteiger partial charge in [0.2, 0.25) is 15.9 Å². The number of hydrogen-bond donors (Lipinski definition) is 3. The molecule has 0 atom stereocenters. The van der Waals surface area contributed by atoms with Crippen LogP contribution >= 0.6 is 0 Å². The van der Waals surface area contributed by atoms with Crippen LogP contribution in [0.4, 0.5) is 5.69 Å². The molecule has 114 valence electrons. The number of benzene rings is 1. The monoisotopic (exact) mass is 312 g/mol. The number of sulfonamides is 1. The van der Waals surface area contributed by atoms with E-state index in [1.807, 2.05) is 0 Å². The zero-order chi connectivity index (χ0) is 15.5. The van der Waals surface area contributed by atoms with Crippen LogP contribution in [0.15, 0.2) is 29.2 Å². The van der Waals surface area contributed by atoms with Crippen LogP contribution in [0.1, 0.15) is 25.7 Å². The Morgan fingerprint density at radius 3 is 2.29 bits per heavy atom. The average molecular weight is 312 g/mol. The average Bonchev–Trinajstić information content (AvgIpc) is 3.20. The molecule has 8 heteroatoms. The van der Waals surface area contributed by atoms with Gasteiger partial charge in [0.15, 0.2) is 0 Å². The van der Waals surface area contributed by atoms with Gasteiger partial charge in [0.05, 0.1) is 11.3 Å². The second kappa shape index (κ2) is 6.23. The summed E-state index contributed by atoms with van der Waals surface area (Å²) in [5, 5.41) is 11.0. The third-order valence-corrected chi connectivity index (χ3v) is 4.45. The third kappa shape index (κ3) is 4.83. The maximum atomic E-state index is 11.9. The summed E-state index contributed by atoms with van der Waals surface area (Å²) in [7, 11) is -3.50. The molecule has 1 aromatic carbocycles. The van der Waals surface area contributed by atoms with Crippen molar-refractivity contribution in [2.45, 2.75) is 36.6 Å². The Balaban J connectivity index is 1.95. The molecule has 21 heavy (non-hydrogen) atoms. The third-order valence-electron chi connectivity index (χ3n) is 2.91. The summed E-state index contributed by atoms with van der Waals surface area (Å²) in [6, 6.07) is 5.78. The zero-order valence-electron chi connectivity index (χ0n) is 11.2. The van der Waals surface area contributed by atoms with Crippen molar-refractivity contribution in [3.8, 4) is 0 Å². The summed E-state index contributed by atoms with van der Waals surface area (Å²) in [5.41, 5.74) is 0.427. The number of aliphatic carboxylic acids is 1. The molecular formula is C13H16N2O5S. The summed E-state index contributed by atoms with van der Waals surface area (Å²) in [6.45, 7) is 0. The summed E-state index contributed by atoms with van der Waals surface area (Å²) >= 11 is 0. The molecule has 0 unspecified atom stereocenters. The molecule has 0 spiro atoms. The highest BCUT2D eigenvalue weighted by Gasteiger charge is 2.27. The van der Waals surface area contributed by atoms with Crippen LogP contribution in [0.3, 0.4) is 0 Å². The molecule has 1 aliphatic carbocycles. The maximum absolute atomic E-state index is 11.9. The van der Waals surface area contributed by atoms with Crippen molar-refractivity contribution < 1.29 is 23.1 Å². The van der Waals surface area contributed by atoms with Crippen LogP contribution in [0.5, 0.6) is 0 Å². The van der Waals surface area contributed by atoms with Gasteiger partial charge >= 0.3 is 5.97 Å². The first-order valence-electron chi connectivity index (χ1n) is 6.51. The first-order valence-corrected chi connectivity index (χ1v) is 7.99. The van der Waals surface area contributed by atoms with E-state index < -0.39 is 21.9 Å². The molecular weight excluding hydrogens is 296 g/mol. The Morgan fingerprint density at radius 1 is 1.14 bits per heavy atom. The highest BCUT2D eigenvalue weighted by atomic mass is 32.2. The van der Waals surface area contributed by atoms with Crippen molar-refractivity contribution in [1.82, 2.24) is 4.72 Å². The molecule has 1 saturated carbocycles. The van der Waals surface area contributed by atoms with E-state index in [-0.39, 0.29) is 23.8 Å². The van der Waals surface area contributed by atoms with E-state index in [1.54, 1.807) is 0 Å². The van der Waals surface area contributed by atoms with Gasteiger partial charge in [-0.1, -0.05) is 0 Å². The summed E-state index contributed by atoms with van der Waals surface area (Å²) < 4.78 is 26.4. The quantitative estimate of drug-likeness (QED) is 0.693. The molecule has 0 radical (unpaired) electrons. The Bertz CT molecular complexity index is 635. The van der Waals surface area contributed by atoms with E-state index in [9.17, 15) is 18.0 Å². The van der Waals surface area contributed by atoms with Gasteiger partial charge in [-0.15, -0.1) is 0 Å². The van der Waals surface area contributed by atoms with Crippen molar-refractivity contribution in [1.29, 1.82) is 0 Å². The molecule has 7 nitrogen and oxygen atoms in total. The van der Waals surface area contributed by atoms with E-state index in [1.165, 1.54) is 24.3 Å². The molecule has 3 N–H and O–H groups in total. The lowest BCUT2D eigenvalue weighted by molar-refractivity contribution is -0.138. The number of hydrogen-bond acceptors (Lipinski definition) is 4. The van der Waals surface area contributed by atoms with Crippen LogP contribution in [0.2, 0.25) is 0 Å². The zero-order valence-corrected chi connectivity index (χ0v) is 12.0. The predicted octanol–water partition coefficient (Wildman–Crippen LogP) is 0.931. The van der Waals surface area contributed by atoms with E-state index in [4.69, 9.17) is 5.11 Å². The summed E-state index contributed by atoms with van der Waals surface area (Å²) in [5.74, 6) is -1.47. The molecule has 1 aliphatic rings. The largest absolute Gasteiger partial charge is 0.481 e. The minimum Gasteiger partial charge on any atom is -0.481 e. The Kier molecular flexibility index (Phi) is 4.59. The van der Waals surface area contributed by atoms with Crippen LogP contribution in [-0.4, -0.2) is 31.4 Å². The number of nitrogens with one attached hydrogen (secondary N) is 2. The lowest BCUT2D eigenvalue weighted by atomic mass is 10.2. The fraction of sp³-hybridized carbons (Fsp3) is 0.385. The Morgan fingerprint density at radius 2 is 1.76 bits per heavy atom. The molecule has 0 heterocycles. The molecule has 1 fully saturated rings. The lowest BCUT2D eigenvalue weighted by Crippen LogP contribution is -2.25. The normalized spacial score (nSPS) is 14.7. The number of carbonyl (C=O) groups is 2. The first-order chi connectivity index (χ1) is 9.87. The maximum Gasteiger partial charge on any atom is 0.303 e. The minimum atomic E-state index is -3.50. The molecule has 0 aliphatic heterocycles. The van der Waals surface area contributed by atoms with Crippen LogP contribution in [0.25, 0.3) is 0 Å². The van der Waals surface area contributed by atoms with Gasteiger partial charge in [-0.3, -0.25) is 9.59 Å². The van der Waals surface area contributed by atoms with Gasteiger partial charge in [-0.25, -0.2) is 13.1 Å². The smallest absolute Gasteiger partial charge is 0.303 e. The molecule has 2 rings (SSSR count). The Labute approximate surface area is 122 Å². The van der Waals surface area contributed by atoms with Crippen molar-refractivity contribution in [2.24, 2.45) is 0 Å². The van der Waals surface area contributed by atoms with Crippen LogP contribution < -0.4 is 10.0 Å². The summed E-state index contributed by atoms with van der Waals surface area (Å²) in [6.07, 6.45) is 1.34. The number of carboxylic acids is 1. The molecule has 1 amide bonds. The molecule has 1 aromatic rings. The second-order valence-electron chi connectivity index (χ2n) is 4.86. The van der Waals surface area contributed by atoms with Crippen molar-refractivity contribution in [3.63, 3.8) is 0 Å². The standard InChI is InChI=1S/C13H16N2O5S/c16-12(7-8-13(17)18)14-9-3-5-11(6-4-9)21(19,20)15-10-1-2-10/h3-6,10,15H,1-2,7-8H2,(H,14,16)(H,17,18). The topological polar surface area (TPSA) is 113 Å².